The van der Waals surface area contributed by atoms with Gasteiger partial charge in [-0.15, -0.1) is 0 Å². The van der Waals surface area contributed by atoms with Crippen LogP contribution in [0.5, 0.6) is 0 Å². The third-order valence-corrected chi connectivity index (χ3v) is 4.27. The van der Waals surface area contributed by atoms with Gasteiger partial charge in [0.15, 0.2) is 0 Å². The van der Waals surface area contributed by atoms with Crippen molar-refractivity contribution < 1.29 is 0 Å². The van der Waals surface area contributed by atoms with Crippen molar-refractivity contribution in [1.29, 1.82) is 0 Å². The molecule has 1 nitrogen and oxygen atoms in total. The predicted molar refractivity (Wildman–Crippen MR) is 68.3 cm³/mol. The fourth-order valence-electron chi connectivity index (χ4n) is 1.67. The van der Waals surface area contributed by atoms with E-state index in [1.165, 1.54) is 23.5 Å². The number of hydrogen-bond donors (Lipinski definition) is 1. The van der Waals surface area contributed by atoms with Crippen molar-refractivity contribution in [2.45, 2.75) is 19.3 Å². The van der Waals surface area contributed by atoms with E-state index in [2.05, 4.69) is 42.5 Å². The fourth-order valence-corrected chi connectivity index (χ4v) is 3.06. The lowest BCUT2D eigenvalue weighted by Gasteiger charge is -2.12. The van der Waals surface area contributed by atoms with E-state index in [4.69, 9.17) is 5.50 Å². The number of hydrogen-bond acceptors (Lipinski definition) is 1. The second-order valence-corrected chi connectivity index (χ2v) is 5.44. The van der Waals surface area contributed by atoms with E-state index >= 15 is 0 Å². The molecule has 0 fully saturated rings. The van der Waals surface area contributed by atoms with Crippen molar-refractivity contribution in [2.24, 2.45) is 5.50 Å². The maximum atomic E-state index is 6.28. The Hall–Kier alpha value is -0.910. The standard InChI is InChI=1S/C13H16NP/c14-15(13-10-6-3-7-11-13)12-8-4-1-2-5-9-12/h3-4,6-11H,1-2,5,14H2. The van der Waals surface area contributed by atoms with E-state index in [9.17, 15) is 0 Å². The molecule has 2 rings (SSSR count). The summed E-state index contributed by atoms with van der Waals surface area (Å²) in [7, 11) is -0.637. The van der Waals surface area contributed by atoms with E-state index in [1.807, 2.05) is 6.07 Å². The summed E-state index contributed by atoms with van der Waals surface area (Å²) in [5.41, 5.74) is 6.28. The van der Waals surface area contributed by atoms with Crippen LogP contribution < -0.4 is 10.8 Å². The molecule has 0 saturated heterocycles. The van der Waals surface area contributed by atoms with Crippen LogP contribution in [-0.2, 0) is 0 Å². The maximum absolute atomic E-state index is 6.28. The lowest BCUT2D eigenvalue weighted by atomic mass is 10.2. The van der Waals surface area contributed by atoms with Crippen LogP contribution in [0.15, 0.2) is 53.9 Å². The highest BCUT2D eigenvalue weighted by Crippen LogP contribution is 2.37. The Balaban J connectivity index is 2.20. The highest BCUT2D eigenvalue weighted by molar-refractivity contribution is 7.67. The quantitative estimate of drug-likeness (QED) is 0.756. The number of allylic oxidation sites excluding steroid dienone is 4. The number of rotatable bonds is 2. The molecule has 1 aromatic rings. The van der Waals surface area contributed by atoms with Gasteiger partial charge in [0.25, 0.3) is 0 Å². The van der Waals surface area contributed by atoms with Crippen molar-refractivity contribution >= 4 is 13.4 Å². The van der Waals surface area contributed by atoms with E-state index in [0.29, 0.717) is 0 Å². The van der Waals surface area contributed by atoms with Gasteiger partial charge in [0.05, 0.1) is 0 Å². The van der Waals surface area contributed by atoms with Crippen LogP contribution in [0.4, 0.5) is 0 Å². The first-order valence-electron chi connectivity index (χ1n) is 5.34. The number of nitrogens with two attached hydrogens (primary N) is 1. The first-order valence-corrected chi connectivity index (χ1v) is 6.75. The van der Waals surface area contributed by atoms with Crippen molar-refractivity contribution in [3.05, 3.63) is 53.9 Å². The first kappa shape index (κ1) is 10.6. The molecule has 1 atom stereocenters. The summed E-state index contributed by atoms with van der Waals surface area (Å²) in [4.78, 5) is 0. The van der Waals surface area contributed by atoms with Crippen LogP contribution in [0, 0.1) is 0 Å². The summed E-state index contributed by atoms with van der Waals surface area (Å²) < 4.78 is 0. The minimum Gasteiger partial charge on any atom is -0.302 e. The minimum absolute atomic E-state index is 0.637. The van der Waals surface area contributed by atoms with Crippen molar-refractivity contribution in [2.75, 3.05) is 0 Å². The molecule has 15 heavy (non-hydrogen) atoms. The largest absolute Gasteiger partial charge is 0.302 e. The zero-order valence-electron chi connectivity index (χ0n) is 8.76. The second kappa shape index (κ2) is 5.25. The normalized spacial score (nSPS) is 18.1. The van der Waals surface area contributed by atoms with Crippen LogP contribution in [0.2, 0.25) is 0 Å². The first-order chi connectivity index (χ1) is 7.38. The summed E-state index contributed by atoms with van der Waals surface area (Å²) in [5.74, 6) is 0. The highest BCUT2D eigenvalue weighted by atomic mass is 31.1. The molecule has 0 aromatic heterocycles. The molecule has 1 aromatic carbocycles. The van der Waals surface area contributed by atoms with Crippen LogP contribution in [-0.4, -0.2) is 0 Å². The molecule has 0 bridgehead atoms. The summed E-state index contributed by atoms with van der Waals surface area (Å²) >= 11 is 0. The van der Waals surface area contributed by atoms with Gasteiger partial charge in [-0.3, -0.25) is 0 Å². The second-order valence-electron chi connectivity index (χ2n) is 3.67. The summed E-state index contributed by atoms with van der Waals surface area (Å²) in [6, 6.07) is 10.4. The Morgan fingerprint density at radius 2 is 1.87 bits per heavy atom. The summed E-state index contributed by atoms with van der Waals surface area (Å²) in [6.45, 7) is 0. The average Bonchev–Trinajstić information content (AvgIpc) is 2.58. The van der Waals surface area contributed by atoms with Gasteiger partial charge >= 0.3 is 0 Å². The Labute approximate surface area is 92.5 Å². The molecule has 0 aliphatic heterocycles. The van der Waals surface area contributed by atoms with Gasteiger partial charge in [0.2, 0.25) is 0 Å². The van der Waals surface area contributed by atoms with Gasteiger partial charge in [-0.2, -0.15) is 0 Å². The molecule has 1 aliphatic rings. The molecular weight excluding hydrogens is 201 g/mol. The third-order valence-electron chi connectivity index (χ3n) is 2.53. The van der Waals surface area contributed by atoms with Gasteiger partial charge in [-0.25, -0.2) is 0 Å². The molecular formula is C13H16NP. The Morgan fingerprint density at radius 3 is 2.67 bits per heavy atom. The van der Waals surface area contributed by atoms with Crippen molar-refractivity contribution in [3.8, 4) is 0 Å². The van der Waals surface area contributed by atoms with E-state index in [0.717, 1.165) is 6.42 Å². The van der Waals surface area contributed by atoms with Gasteiger partial charge in [-0.05, 0) is 29.9 Å². The molecule has 1 unspecified atom stereocenters. The maximum Gasteiger partial charge on any atom is 0.0222 e. The SMILES string of the molecule is NP(C1=CCCCC=C1)c1ccccc1. The zero-order valence-corrected chi connectivity index (χ0v) is 9.66. The van der Waals surface area contributed by atoms with E-state index in [1.54, 1.807) is 0 Å². The summed E-state index contributed by atoms with van der Waals surface area (Å²) in [5, 5.41) is 2.57. The molecule has 0 heterocycles. The minimum atomic E-state index is -0.637. The molecule has 0 spiro atoms. The molecule has 0 saturated carbocycles. The monoisotopic (exact) mass is 217 g/mol. The fraction of sp³-hybridized carbons (Fsp3) is 0.231. The Kier molecular flexibility index (Phi) is 3.71. The molecule has 2 heteroatoms. The van der Waals surface area contributed by atoms with Gasteiger partial charge in [-0.1, -0.05) is 48.6 Å². The van der Waals surface area contributed by atoms with Crippen LogP contribution in [0.1, 0.15) is 19.3 Å². The van der Waals surface area contributed by atoms with E-state index in [-0.39, 0.29) is 0 Å². The topological polar surface area (TPSA) is 26.0 Å². The zero-order chi connectivity index (χ0) is 10.5. The van der Waals surface area contributed by atoms with Gasteiger partial charge in [0.1, 0.15) is 0 Å². The van der Waals surface area contributed by atoms with E-state index < -0.39 is 8.07 Å². The van der Waals surface area contributed by atoms with Gasteiger partial charge < -0.3 is 5.50 Å². The molecule has 0 radical (unpaired) electrons. The van der Waals surface area contributed by atoms with Crippen LogP contribution >= 0.6 is 8.07 Å². The highest BCUT2D eigenvalue weighted by Gasteiger charge is 2.09. The molecule has 78 valence electrons. The Morgan fingerprint density at radius 1 is 1.07 bits per heavy atom. The lowest BCUT2D eigenvalue weighted by Crippen LogP contribution is -2.07. The molecule has 2 N–H and O–H groups in total. The van der Waals surface area contributed by atoms with Crippen LogP contribution in [0.3, 0.4) is 0 Å². The Bertz CT molecular complexity index is 367. The van der Waals surface area contributed by atoms with Gasteiger partial charge in [0, 0.05) is 8.07 Å². The summed E-state index contributed by atoms with van der Waals surface area (Å²) in [6.07, 6.45) is 10.3. The predicted octanol–water partition coefficient (Wildman–Crippen LogP) is 3.29. The molecule has 0 amide bonds. The van der Waals surface area contributed by atoms with Crippen molar-refractivity contribution in [1.82, 2.24) is 0 Å². The number of benzene rings is 1. The average molecular weight is 217 g/mol. The third kappa shape index (κ3) is 2.77. The van der Waals surface area contributed by atoms with Crippen molar-refractivity contribution in [3.63, 3.8) is 0 Å². The lowest BCUT2D eigenvalue weighted by molar-refractivity contribution is 0.875. The smallest absolute Gasteiger partial charge is 0.0222 e. The molecule has 1 aliphatic carbocycles. The van der Waals surface area contributed by atoms with Crippen LogP contribution in [0.25, 0.3) is 0 Å².